The summed E-state index contributed by atoms with van der Waals surface area (Å²) in [6.07, 6.45) is 7.28. The zero-order valence-corrected chi connectivity index (χ0v) is 20.6. The van der Waals surface area contributed by atoms with Crippen molar-refractivity contribution >= 4 is 23.2 Å². The monoisotopic (exact) mass is 470 g/mol. The zero-order chi connectivity index (χ0) is 23.4. The summed E-state index contributed by atoms with van der Waals surface area (Å²) in [5, 5.41) is 2.06. The molecule has 0 spiro atoms. The summed E-state index contributed by atoms with van der Waals surface area (Å²) in [5.41, 5.74) is 2.03. The lowest BCUT2D eigenvalue weighted by Gasteiger charge is -2.38. The van der Waals surface area contributed by atoms with E-state index in [9.17, 15) is 14.0 Å². The molecule has 0 N–H and O–H groups in total. The lowest BCUT2D eigenvalue weighted by atomic mass is 9.93. The fourth-order valence-corrected chi connectivity index (χ4v) is 6.23. The van der Waals surface area contributed by atoms with Crippen LogP contribution >= 0.6 is 11.3 Å². The molecule has 33 heavy (non-hydrogen) atoms. The largest absolute Gasteiger partial charge is 0.333 e. The van der Waals surface area contributed by atoms with Crippen LogP contribution in [0.3, 0.4) is 0 Å². The van der Waals surface area contributed by atoms with Crippen LogP contribution in [0.4, 0.5) is 4.39 Å². The molecule has 4 rings (SSSR count). The molecule has 1 aromatic carbocycles. The molecule has 2 aliphatic rings. The minimum absolute atomic E-state index is 0.0314. The third-order valence-electron chi connectivity index (χ3n) is 6.98. The molecule has 1 aromatic heterocycles. The summed E-state index contributed by atoms with van der Waals surface area (Å²) in [7, 11) is 0. The number of thiophene rings is 1. The fourth-order valence-electron chi connectivity index (χ4n) is 5.32. The lowest BCUT2D eigenvalue weighted by molar-refractivity contribution is -0.142. The minimum atomic E-state index is -0.283. The molecule has 0 saturated heterocycles. The molecular weight excluding hydrogens is 435 g/mol. The van der Waals surface area contributed by atoms with Crippen LogP contribution in [0.1, 0.15) is 74.4 Å². The van der Waals surface area contributed by atoms with E-state index < -0.39 is 0 Å². The summed E-state index contributed by atoms with van der Waals surface area (Å²) < 4.78 is 13.6. The number of halogens is 1. The zero-order valence-electron chi connectivity index (χ0n) is 19.8. The Balaban J connectivity index is 1.50. The van der Waals surface area contributed by atoms with E-state index in [2.05, 4.69) is 25.3 Å². The number of rotatable bonds is 8. The van der Waals surface area contributed by atoms with Crippen molar-refractivity contribution in [1.29, 1.82) is 0 Å². The van der Waals surface area contributed by atoms with Gasteiger partial charge in [0.25, 0.3) is 0 Å². The van der Waals surface area contributed by atoms with Gasteiger partial charge in [0.1, 0.15) is 5.82 Å². The van der Waals surface area contributed by atoms with Crippen LogP contribution in [0.2, 0.25) is 0 Å². The van der Waals surface area contributed by atoms with Gasteiger partial charge in [-0.2, -0.15) is 0 Å². The summed E-state index contributed by atoms with van der Waals surface area (Å²) in [4.78, 5) is 31.7. The van der Waals surface area contributed by atoms with Gasteiger partial charge in [0, 0.05) is 24.4 Å². The summed E-state index contributed by atoms with van der Waals surface area (Å²) in [6, 6.07) is 8.29. The molecule has 0 bridgehead atoms. The van der Waals surface area contributed by atoms with E-state index in [4.69, 9.17) is 0 Å². The van der Waals surface area contributed by atoms with Gasteiger partial charge in [-0.25, -0.2) is 4.39 Å². The molecule has 2 aromatic rings. The Labute approximate surface area is 200 Å². The normalized spacial score (nSPS) is 18.5. The minimum Gasteiger partial charge on any atom is -0.333 e. The average Bonchev–Trinajstić information content (AvgIpc) is 3.48. The van der Waals surface area contributed by atoms with E-state index >= 15 is 0 Å². The molecule has 0 radical (unpaired) electrons. The standard InChI is InChI=1S/C27H35FN2O2S/c1-19(2)17-29(25(31)12-7-20-5-3-4-6-20)18-26(32)30-15-13-24-23(14-16-33-24)27(30)21-8-10-22(28)11-9-21/h8-11,14,16,19-20,27H,3-7,12-13,15,17-18H2,1-2H3. The molecule has 4 nitrogen and oxygen atoms in total. The van der Waals surface area contributed by atoms with E-state index in [1.807, 2.05) is 4.90 Å². The lowest BCUT2D eigenvalue weighted by Crippen LogP contribution is -2.47. The van der Waals surface area contributed by atoms with E-state index in [0.717, 1.165) is 24.0 Å². The Morgan fingerprint density at radius 2 is 1.88 bits per heavy atom. The molecule has 2 heterocycles. The van der Waals surface area contributed by atoms with Gasteiger partial charge in [-0.1, -0.05) is 51.7 Å². The van der Waals surface area contributed by atoms with E-state index in [1.165, 1.54) is 42.7 Å². The second-order valence-electron chi connectivity index (χ2n) is 9.95. The average molecular weight is 471 g/mol. The number of carbonyl (C=O) groups is 2. The number of hydrogen-bond donors (Lipinski definition) is 0. The molecule has 1 fully saturated rings. The first kappa shape index (κ1) is 23.9. The third-order valence-corrected chi connectivity index (χ3v) is 7.97. The Hall–Kier alpha value is -2.21. The van der Waals surface area contributed by atoms with Crippen LogP contribution in [0, 0.1) is 17.7 Å². The van der Waals surface area contributed by atoms with Gasteiger partial charge >= 0.3 is 0 Å². The Kier molecular flexibility index (Phi) is 7.84. The molecule has 1 aliphatic carbocycles. The topological polar surface area (TPSA) is 40.6 Å². The fraction of sp³-hybridized carbons (Fsp3) is 0.556. The van der Waals surface area contributed by atoms with Gasteiger partial charge in [0.15, 0.2) is 0 Å². The highest BCUT2D eigenvalue weighted by atomic mass is 32.1. The van der Waals surface area contributed by atoms with E-state index in [-0.39, 0.29) is 30.2 Å². The van der Waals surface area contributed by atoms with Crippen molar-refractivity contribution in [3.63, 3.8) is 0 Å². The van der Waals surface area contributed by atoms with Crippen molar-refractivity contribution in [3.8, 4) is 0 Å². The van der Waals surface area contributed by atoms with E-state index in [0.29, 0.717) is 31.3 Å². The number of carbonyl (C=O) groups excluding carboxylic acids is 2. The molecular formula is C27H35FN2O2S. The molecule has 6 heteroatoms. The van der Waals surface area contributed by atoms with Gasteiger partial charge in [-0.15, -0.1) is 11.3 Å². The first-order chi connectivity index (χ1) is 15.9. The number of amides is 2. The number of nitrogens with zero attached hydrogens (tertiary/aromatic N) is 2. The van der Waals surface area contributed by atoms with Crippen molar-refractivity contribution in [2.75, 3.05) is 19.6 Å². The van der Waals surface area contributed by atoms with Crippen LogP contribution in [0.15, 0.2) is 35.7 Å². The van der Waals surface area contributed by atoms with Crippen LogP contribution in [0.5, 0.6) is 0 Å². The molecule has 1 saturated carbocycles. The maximum absolute atomic E-state index is 13.6. The van der Waals surface area contributed by atoms with Crippen molar-refractivity contribution in [1.82, 2.24) is 9.80 Å². The molecule has 1 atom stereocenters. The van der Waals surface area contributed by atoms with Gasteiger partial charge in [0.05, 0.1) is 12.6 Å². The first-order valence-electron chi connectivity index (χ1n) is 12.3. The van der Waals surface area contributed by atoms with Crippen molar-refractivity contribution in [3.05, 3.63) is 57.5 Å². The summed E-state index contributed by atoms with van der Waals surface area (Å²) in [6.45, 7) is 5.48. The number of fused-ring (bicyclic) bond motifs is 1. The van der Waals surface area contributed by atoms with Crippen LogP contribution < -0.4 is 0 Å². The van der Waals surface area contributed by atoms with Gasteiger partial charge < -0.3 is 9.80 Å². The molecule has 178 valence electrons. The highest BCUT2D eigenvalue weighted by Crippen LogP contribution is 2.38. The third kappa shape index (κ3) is 5.84. The van der Waals surface area contributed by atoms with Gasteiger partial charge in [0.2, 0.25) is 11.8 Å². The summed E-state index contributed by atoms with van der Waals surface area (Å²) >= 11 is 1.71. The number of hydrogen-bond acceptors (Lipinski definition) is 3. The SMILES string of the molecule is CC(C)CN(CC(=O)N1CCc2sccc2C1c1ccc(F)cc1)C(=O)CCC1CCCC1. The van der Waals surface area contributed by atoms with Gasteiger partial charge in [-0.05, 0) is 59.4 Å². The van der Waals surface area contributed by atoms with Crippen LogP contribution in [0.25, 0.3) is 0 Å². The molecule has 1 aliphatic heterocycles. The number of benzene rings is 1. The van der Waals surface area contributed by atoms with Crippen molar-refractivity contribution in [2.24, 2.45) is 11.8 Å². The quantitative estimate of drug-likeness (QED) is 0.488. The summed E-state index contributed by atoms with van der Waals surface area (Å²) in [5.74, 6) is 0.735. The maximum atomic E-state index is 13.6. The maximum Gasteiger partial charge on any atom is 0.242 e. The predicted octanol–water partition coefficient (Wildman–Crippen LogP) is 5.82. The Morgan fingerprint density at radius 3 is 2.58 bits per heavy atom. The van der Waals surface area contributed by atoms with Gasteiger partial charge in [-0.3, -0.25) is 9.59 Å². The van der Waals surface area contributed by atoms with Crippen LogP contribution in [-0.4, -0.2) is 41.2 Å². The Morgan fingerprint density at radius 1 is 1.15 bits per heavy atom. The molecule has 1 unspecified atom stereocenters. The first-order valence-corrected chi connectivity index (χ1v) is 13.2. The molecule has 2 amide bonds. The predicted molar refractivity (Wildman–Crippen MR) is 131 cm³/mol. The second kappa shape index (κ2) is 10.8. The van der Waals surface area contributed by atoms with Crippen molar-refractivity contribution < 1.29 is 14.0 Å². The smallest absolute Gasteiger partial charge is 0.242 e. The Bertz CT molecular complexity index is 949. The van der Waals surface area contributed by atoms with Crippen LogP contribution in [-0.2, 0) is 16.0 Å². The van der Waals surface area contributed by atoms with E-state index in [1.54, 1.807) is 28.4 Å². The highest BCUT2D eigenvalue weighted by molar-refractivity contribution is 7.10. The van der Waals surface area contributed by atoms with Crippen molar-refractivity contribution in [2.45, 2.75) is 64.8 Å². The highest BCUT2D eigenvalue weighted by Gasteiger charge is 2.34. The second-order valence-corrected chi connectivity index (χ2v) is 10.9.